The highest BCUT2D eigenvalue weighted by Crippen LogP contribution is 2.40. The quantitative estimate of drug-likeness (QED) is 0.341. The van der Waals surface area contributed by atoms with Crippen LogP contribution in [-0.2, 0) is 6.18 Å². The zero-order valence-electron chi connectivity index (χ0n) is 15.2. The van der Waals surface area contributed by atoms with Gasteiger partial charge in [0.2, 0.25) is 0 Å². The van der Waals surface area contributed by atoms with Crippen LogP contribution in [0, 0.1) is 12.7 Å². The third-order valence-corrected chi connectivity index (χ3v) is 4.48. The summed E-state index contributed by atoms with van der Waals surface area (Å²) in [6, 6.07) is 7.81. The Kier molecular flexibility index (Phi) is 6.19. The number of rotatable bonds is 4. The van der Waals surface area contributed by atoms with Crippen molar-refractivity contribution in [1.82, 2.24) is 4.98 Å². The lowest BCUT2D eigenvalue weighted by Gasteiger charge is -2.17. The molecule has 3 rings (SSSR count). The van der Waals surface area contributed by atoms with Crippen molar-refractivity contribution in [3.8, 4) is 11.5 Å². The lowest BCUT2D eigenvalue weighted by Crippen LogP contribution is -2.16. The summed E-state index contributed by atoms with van der Waals surface area (Å²) in [5, 5.41) is 1.86. The van der Waals surface area contributed by atoms with Crippen LogP contribution in [-0.4, -0.2) is 10.9 Å². The number of nitrogens with one attached hydrogen (secondary N) is 1. The Morgan fingerprint density at radius 2 is 1.80 bits per heavy atom. The van der Waals surface area contributed by atoms with Gasteiger partial charge in [0, 0.05) is 18.0 Å². The molecule has 2 aromatic carbocycles. The number of hydrogen-bond donors (Lipinski definition) is 1. The van der Waals surface area contributed by atoms with Crippen LogP contribution in [0.25, 0.3) is 0 Å². The number of carbonyl (C=O) groups excluding carboxylic acids is 1. The van der Waals surface area contributed by atoms with E-state index in [-0.39, 0.29) is 22.3 Å². The number of aromatic nitrogens is 1. The largest absolute Gasteiger partial charge is 0.456 e. The van der Waals surface area contributed by atoms with Crippen LogP contribution in [0.2, 0.25) is 10.2 Å². The Balaban J connectivity index is 2.06. The summed E-state index contributed by atoms with van der Waals surface area (Å²) < 4.78 is 58.9. The van der Waals surface area contributed by atoms with E-state index in [2.05, 4.69) is 10.3 Å². The normalized spacial score (nSPS) is 11.3. The van der Waals surface area contributed by atoms with E-state index in [0.717, 1.165) is 12.1 Å². The molecule has 1 heterocycles. The van der Waals surface area contributed by atoms with Crippen molar-refractivity contribution in [3.05, 3.63) is 81.3 Å². The van der Waals surface area contributed by atoms with Crippen LogP contribution in [0.4, 0.5) is 23.2 Å². The molecule has 156 valence electrons. The second kappa shape index (κ2) is 8.49. The Labute approximate surface area is 178 Å². The predicted molar refractivity (Wildman–Crippen MR) is 105 cm³/mol. The first-order valence-electron chi connectivity index (χ1n) is 8.32. The fourth-order valence-electron chi connectivity index (χ4n) is 2.56. The molecule has 0 saturated heterocycles. The number of anilines is 1. The number of benzene rings is 2. The van der Waals surface area contributed by atoms with Crippen LogP contribution in [0.1, 0.15) is 21.5 Å². The number of pyridine rings is 1. The standard InChI is InChI=1S/C20H12Cl2F4N2O2/c1-10-6-11(23)2-3-16(10)30-17-9-15(21)14(20(24,25)26)8-13(17)19(29)28-12-4-5-27-18(22)7-12/h2-9H,1H3,(H,27,28,29). The average Bonchev–Trinajstić information content (AvgIpc) is 2.63. The molecule has 0 radical (unpaired) electrons. The van der Waals surface area contributed by atoms with Gasteiger partial charge >= 0.3 is 6.18 Å². The number of hydrogen-bond acceptors (Lipinski definition) is 3. The van der Waals surface area contributed by atoms with Gasteiger partial charge in [-0.15, -0.1) is 0 Å². The van der Waals surface area contributed by atoms with Crippen molar-refractivity contribution in [2.75, 3.05) is 5.32 Å². The molecule has 0 bridgehead atoms. The fraction of sp³-hybridized carbons (Fsp3) is 0.100. The predicted octanol–water partition coefficient (Wildman–Crippen LogP) is 6.90. The molecule has 0 spiro atoms. The number of ether oxygens (including phenoxy) is 1. The Hall–Kier alpha value is -2.84. The Bertz CT molecular complexity index is 1120. The molecular weight excluding hydrogens is 447 g/mol. The van der Waals surface area contributed by atoms with Crippen LogP contribution < -0.4 is 10.1 Å². The van der Waals surface area contributed by atoms with Gasteiger partial charge in [0.05, 0.1) is 16.1 Å². The third-order valence-electron chi connectivity index (χ3n) is 3.96. The van der Waals surface area contributed by atoms with E-state index in [4.69, 9.17) is 27.9 Å². The fourth-order valence-corrected chi connectivity index (χ4v) is 2.99. The number of aryl methyl sites for hydroxylation is 1. The average molecular weight is 459 g/mol. The molecule has 30 heavy (non-hydrogen) atoms. The van der Waals surface area contributed by atoms with Crippen LogP contribution in [0.15, 0.2) is 48.7 Å². The molecule has 1 aromatic heterocycles. The van der Waals surface area contributed by atoms with Gasteiger partial charge in [-0.25, -0.2) is 9.37 Å². The summed E-state index contributed by atoms with van der Waals surface area (Å²) in [6.07, 6.45) is -3.48. The van der Waals surface area contributed by atoms with E-state index in [1.165, 1.54) is 30.5 Å². The molecule has 0 aliphatic carbocycles. The lowest BCUT2D eigenvalue weighted by atomic mass is 10.1. The van der Waals surface area contributed by atoms with Crippen molar-refractivity contribution in [3.63, 3.8) is 0 Å². The van der Waals surface area contributed by atoms with Gasteiger partial charge in [0.25, 0.3) is 5.91 Å². The van der Waals surface area contributed by atoms with Crippen molar-refractivity contribution in [2.24, 2.45) is 0 Å². The highest BCUT2D eigenvalue weighted by molar-refractivity contribution is 6.32. The Morgan fingerprint density at radius 3 is 2.43 bits per heavy atom. The first-order valence-corrected chi connectivity index (χ1v) is 9.08. The van der Waals surface area contributed by atoms with E-state index < -0.39 is 34.1 Å². The zero-order chi connectivity index (χ0) is 22.1. The monoisotopic (exact) mass is 458 g/mol. The number of amides is 1. The van der Waals surface area contributed by atoms with Crippen molar-refractivity contribution >= 4 is 34.8 Å². The first-order chi connectivity index (χ1) is 14.0. The van der Waals surface area contributed by atoms with Crippen molar-refractivity contribution < 1.29 is 27.1 Å². The molecule has 0 unspecified atom stereocenters. The number of alkyl halides is 3. The maximum atomic E-state index is 13.3. The Morgan fingerprint density at radius 1 is 1.07 bits per heavy atom. The maximum absolute atomic E-state index is 13.3. The third kappa shape index (κ3) is 5.01. The number of nitrogens with zero attached hydrogens (tertiary/aromatic N) is 1. The second-order valence-electron chi connectivity index (χ2n) is 6.16. The SMILES string of the molecule is Cc1cc(F)ccc1Oc1cc(Cl)c(C(F)(F)F)cc1C(=O)Nc1ccnc(Cl)c1. The topological polar surface area (TPSA) is 51.2 Å². The molecule has 3 aromatic rings. The van der Waals surface area contributed by atoms with Gasteiger partial charge in [-0.1, -0.05) is 23.2 Å². The van der Waals surface area contributed by atoms with Crippen LogP contribution in [0.5, 0.6) is 11.5 Å². The van der Waals surface area contributed by atoms with Gasteiger partial charge in [-0.05, 0) is 48.9 Å². The summed E-state index contributed by atoms with van der Waals surface area (Å²) in [6.45, 7) is 1.54. The first kappa shape index (κ1) is 21.9. The number of carbonyl (C=O) groups is 1. The van der Waals surface area contributed by atoms with Gasteiger partial charge in [-0.3, -0.25) is 4.79 Å². The van der Waals surface area contributed by atoms with E-state index >= 15 is 0 Å². The minimum Gasteiger partial charge on any atom is -0.456 e. The van der Waals surface area contributed by atoms with Crippen LogP contribution >= 0.6 is 23.2 Å². The smallest absolute Gasteiger partial charge is 0.417 e. The second-order valence-corrected chi connectivity index (χ2v) is 6.95. The molecule has 0 fully saturated rings. The van der Waals surface area contributed by atoms with Gasteiger partial charge in [-0.2, -0.15) is 13.2 Å². The molecule has 4 nitrogen and oxygen atoms in total. The molecule has 10 heteroatoms. The highest BCUT2D eigenvalue weighted by Gasteiger charge is 2.35. The van der Waals surface area contributed by atoms with Crippen molar-refractivity contribution in [2.45, 2.75) is 13.1 Å². The van der Waals surface area contributed by atoms with Gasteiger partial charge in [0.1, 0.15) is 22.5 Å². The van der Waals surface area contributed by atoms with Crippen LogP contribution in [0.3, 0.4) is 0 Å². The summed E-state index contributed by atoms with van der Waals surface area (Å²) in [4.78, 5) is 16.5. The molecular formula is C20H12Cl2F4N2O2. The lowest BCUT2D eigenvalue weighted by molar-refractivity contribution is -0.137. The zero-order valence-corrected chi connectivity index (χ0v) is 16.7. The minimum atomic E-state index is -4.80. The van der Waals surface area contributed by atoms with E-state index in [0.29, 0.717) is 11.6 Å². The van der Waals surface area contributed by atoms with Gasteiger partial charge in [0.15, 0.2) is 0 Å². The summed E-state index contributed by atoms with van der Waals surface area (Å²) in [5.41, 5.74) is -1.04. The number of halogens is 6. The van der Waals surface area contributed by atoms with Crippen molar-refractivity contribution in [1.29, 1.82) is 0 Å². The van der Waals surface area contributed by atoms with E-state index in [9.17, 15) is 22.4 Å². The van der Waals surface area contributed by atoms with E-state index in [1.54, 1.807) is 6.92 Å². The summed E-state index contributed by atoms with van der Waals surface area (Å²) in [5.74, 6) is -1.50. The molecule has 0 aliphatic rings. The summed E-state index contributed by atoms with van der Waals surface area (Å²) >= 11 is 11.6. The molecule has 1 N–H and O–H groups in total. The molecule has 0 aliphatic heterocycles. The van der Waals surface area contributed by atoms with E-state index in [1.807, 2.05) is 0 Å². The molecule has 1 amide bonds. The summed E-state index contributed by atoms with van der Waals surface area (Å²) in [7, 11) is 0. The minimum absolute atomic E-state index is 0.0818. The van der Waals surface area contributed by atoms with Gasteiger partial charge < -0.3 is 10.1 Å². The molecule has 0 atom stereocenters. The molecule has 0 saturated carbocycles. The maximum Gasteiger partial charge on any atom is 0.417 e. The highest BCUT2D eigenvalue weighted by atomic mass is 35.5.